The molecule has 70 heavy (non-hydrogen) atoms. The fraction of sp³-hybridized carbons (Fsp3) is 0.0500. The molecular formula is C40H27BCl10KN13O5. The Bertz CT molecular complexity index is 2830. The largest absolute Gasteiger partial charge is 1.00 e. The molecule has 30 heteroatoms. The van der Waals surface area contributed by atoms with Gasteiger partial charge in [0.1, 0.15) is 37.2 Å². The Morgan fingerprint density at radius 3 is 1.31 bits per heavy atom. The first-order chi connectivity index (χ1) is 32.7. The zero-order valence-electron chi connectivity index (χ0n) is 35.7. The smallest absolute Gasteiger partial charge is 0.550 e. The summed E-state index contributed by atoms with van der Waals surface area (Å²) in [4.78, 5) is 35.8. The topological polar surface area (TPSA) is 279 Å². The van der Waals surface area contributed by atoms with Crippen LogP contribution in [0, 0.1) is 11.3 Å². The summed E-state index contributed by atoms with van der Waals surface area (Å²) in [5.74, 6) is -1.08. The molecule has 0 aliphatic carbocycles. The maximum Gasteiger partial charge on any atom is 1.00 e. The van der Waals surface area contributed by atoms with Crippen LogP contribution in [0.1, 0.15) is 13.8 Å². The molecule has 0 spiro atoms. The molecule has 0 saturated heterocycles. The van der Waals surface area contributed by atoms with Crippen molar-refractivity contribution in [3.63, 3.8) is 0 Å². The summed E-state index contributed by atoms with van der Waals surface area (Å²) in [5.41, 5.74) is 3.80. The molecule has 0 amide bonds. The minimum Gasteiger partial charge on any atom is -0.550 e. The number of aromatic amines is 1. The second-order valence-electron chi connectivity index (χ2n) is 11.8. The van der Waals surface area contributed by atoms with Crippen molar-refractivity contribution in [2.75, 3.05) is 0 Å². The fourth-order valence-electron chi connectivity index (χ4n) is 4.00. The number of carbonyl (C=O) groups excluding carboxylic acids is 1. The molecule has 0 fully saturated rings. The summed E-state index contributed by atoms with van der Waals surface area (Å²) in [6.45, 7) is 2.40. The van der Waals surface area contributed by atoms with E-state index in [2.05, 4.69) is 60.7 Å². The number of aliphatic carboxylic acids is 1. The SMILES string of the molecule is CC#N.CC(=O)[O-].Clc1ccc(-c2ccc(Cl)nn2)cn1.Clc1ccc(-c2nnc(Cl)cc2Cl)cn1.Clc1ccc(Cl)nn1.O=c1cc(Cl)[nH]nc1-c1ccc(Cl)nc1.OB(O)c1ccc(Cl)nc1.[K+]. The van der Waals surface area contributed by atoms with Gasteiger partial charge in [0.25, 0.3) is 0 Å². The second-order valence-corrected chi connectivity index (χ2v) is 15.7. The van der Waals surface area contributed by atoms with Crippen LogP contribution >= 0.6 is 116 Å². The molecule has 8 heterocycles. The zero-order valence-corrected chi connectivity index (χ0v) is 46.4. The molecule has 0 radical (unpaired) electrons. The van der Waals surface area contributed by atoms with Gasteiger partial charge in [0.05, 0.1) is 16.8 Å². The number of nitriles is 1. The Labute approximate surface area is 491 Å². The number of nitrogens with zero attached hydrogens (tertiary/aromatic N) is 12. The zero-order chi connectivity index (χ0) is 51.5. The van der Waals surface area contributed by atoms with Crippen molar-refractivity contribution in [3.05, 3.63) is 171 Å². The Kier molecular flexibility index (Phi) is 32.4. The monoisotopic (exact) mass is 1170 g/mol. The third-order valence-electron chi connectivity index (χ3n) is 6.79. The first-order valence-corrected chi connectivity index (χ1v) is 21.9. The van der Waals surface area contributed by atoms with E-state index in [0.717, 1.165) is 23.7 Å². The third-order valence-corrected chi connectivity index (χ3v) is 8.95. The molecule has 356 valence electrons. The number of H-pyrrole nitrogens is 1. The van der Waals surface area contributed by atoms with Crippen LogP contribution in [0.3, 0.4) is 0 Å². The van der Waals surface area contributed by atoms with Crippen LogP contribution in [0.4, 0.5) is 0 Å². The summed E-state index contributed by atoms with van der Waals surface area (Å²) in [5, 5.41) is 65.4. The van der Waals surface area contributed by atoms with Crippen LogP contribution in [0.25, 0.3) is 33.8 Å². The Morgan fingerprint density at radius 1 is 0.571 bits per heavy atom. The van der Waals surface area contributed by atoms with Crippen molar-refractivity contribution in [1.82, 2.24) is 60.7 Å². The number of carbonyl (C=O) groups is 1. The second kappa shape index (κ2) is 35.3. The molecule has 0 aliphatic rings. The molecular weight excluding hydrogens is 1150 g/mol. The Balaban J connectivity index is 0.000000427. The van der Waals surface area contributed by atoms with E-state index in [4.69, 9.17) is 141 Å². The van der Waals surface area contributed by atoms with Crippen LogP contribution in [0.5, 0.6) is 0 Å². The quantitative estimate of drug-likeness (QED) is 0.135. The Morgan fingerprint density at radius 2 is 0.957 bits per heavy atom. The van der Waals surface area contributed by atoms with E-state index in [0.29, 0.717) is 57.8 Å². The van der Waals surface area contributed by atoms with Gasteiger partial charge in [-0.15, -0.1) is 30.6 Å². The maximum absolute atomic E-state index is 11.5. The summed E-state index contributed by atoms with van der Waals surface area (Å²) in [7, 11) is -1.47. The maximum atomic E-state index is 11.5. The number of pyridine rings is 4. The van der Waals surface area contributed by atoms with E-state index >= 15 is 0 Å². The average molecular weight is 1170 g/mol. The van der Waals surface area contributed by atoms with Gasteiger partial charge in [-0.2, -0.15) is 10.4 Å². The summed E-state index contributed by atoms with van der Waals surface area (Å²) >= 11 is 55.9. The van der Waals surface area contributed by atoms with Crippen molar-refractivity contribution < 1.29 is 71.3 Å². The molecule has 0 unspecified atom stereocenters. The summed E-state index contributed by atoms with van der Waals surface area (Å²) < 4.78 is 0. The van der Waals surface area contributed by atoms with Gasteiger partial charge in [-0.05, 0) is 79.7 Å². The van der Waals surface area contributed by atoms with Gasteiger partial charge in [-0.25, -0.2) is 19.9 Å². The first-order valence-electron chi connectivity index (χ1n) is 18.1. The van der Waals surface area contributed by atoms with Crippen molar-refractivity contribution in [3.8, 4) is 39.8 Å². The molecule has 3 N–H and O–H groups in total. The van der Waals surface area contributed by atoms with E-state index in [1.807, 2.05) is 6.07 Å². The number of nitrogens with one attached hydrogen (secondary N) is 1. The van der Waals surface area contributed by atoms with Crippen LogP contribution in [-0.2, 0) is 4.79 Å². The standard InChI is InChI=1S/C9H4Cl3N3.C9H5Cl2N3O.C9H5Cl2N3.C5H5BClNO2.C4H2Cl2N2.C2H3N.C2H4O2.K/c10-6-3-8(12)14-15-9(6)5-1-2-7(11)13-4-5;10-7-2-1-5(4-12-7)9-6(15)3-8(11)13-14-9;10-8-3-1-6(5-12-8)7-2-4-9(11)14-13-7;7-5-2-1-4(3-8-5)6(9)10;5-3-1-2-4(6)8-7-3;1-2-3;1-2(3)4;/h1-4H;1-4H,(H,13,15);1-5H;1-3,9-10H;1-2H;1H3;1H3,(H,3,4);/q;;;;;;;+1/p-1. The van der Waals surface area contributed by atoms with E-state index in [-0.39, 0.29) is 72.8 Å². The molecule has 8 aromatic rings. The number of hydrogen-bond acceptors (Lipinski definition) is 17. The third kappa shape index (κ3) is 26.6. The van der Waals surface area contributed by atoms with Crippen LogP contribution < -0.4 is 67.4 Å². The van der Waals surface area contributed by atoms with Gasteiger partial charge >= 0.3 is 58.5 Å². The van der Waals surface area contributed by atoms with Crippen LogP contribution in [-0.4, -0.2) is 83.9 Å². The van der Waals surface area contributed by atoms with Gasteiger partial charge in [-0.1, -0.05) is 122 Å². The van der Waals surface area contributed by atoms with Gasteiger partial charge in [-0.3, -0.25) is 9.89 Å². The molecule has 8 aromatic heterocycles. The fourth-order valence-corrected chi connectivity index (χ4v) is 5.34. The number of carboxylic acids is 1. The molecule has 0 aliphatic heterocycles. The predicted molar refractivity (Wildman–Crippen MR) is 267 cm³/mol. The summed E-state index contributed by atoms with van der Waals surface area (Å²) in [6, 6.07) is 24.4. The van der Waals surface area contributed by atoms with Crippen molar-refractivity contribution in [2.24, 2.45) is 0 Å². The van der Waals surface area contributed by atoms with Crippen molar-refractivity contribution in [1.29, 1.82) is 5.26 Å². The first kappa shape index (κ1) is 64.2. The number of carboxylic acid groups (broad SMARTS) is 1. The Hall–Kier alpha value is -3.80. The number of rotatable bonds is 4. The number of hydrogen-bond donors (Lipinski definition) is 3. The van der Waals surface area contributed by atoms with E-state index < -0.39 is 13.1 Å². The molecule has 0 atom stereocenters. The minimum absolute atomic E-state index is 0. The molecule has 8 rings (SSSR count). The average Bonchev–Trinajstić information content (AvgIpc) is 3.30. The molecule has 0 aromatic carbocycles. The molecule has 18 nitrogen and oxygen atoms in total. The van der Waals surface area contributed by atoms with Crippen molar-refractivity contribution in [2.45, 2.75) is 13.8 Å². The van der Waals surface area contributed by atoms with Gasteiger partial charge < -0.3 is 19.9 Å². The number of aromatic nitrogens is 12. The normalized spacial score (nSPS) is 9.33. The van der Waals surface area contributed by atoms with Gasteiger partial charge in [0.15, 0.2) is 20.6 Å². The van der Waals surface area contributed by atoms with E-state index in [9.17, 15) is 4.79 Å². The van der Waals surface area contributed by atoms with Gasteiger partial charge in [0.2, 0.25) is 5.43 Å². The summed E-state index contributed by atoms with van der Waals surface area (Å²) in [6.07, 6.45) is 6.01. The molecule has 0 saturated carbocycles. The minimum atomic E-state index is -1.47. The van der Waals surface area contributed by atoms with Crippen LogP contribution in [0.2, 0.25) is 51.4 Å². The van der Waals surface area contributed by atoms with Crippen molar-refractivity contribution >= 4 is 135 Å². The predicted octanol–water partition coefficient (Wildman–Crippen LogP) is 5.97. The van der Waals surface area contributed by atoms with E-state index in [1.165, 1.54) is 43.6 Å². The molecule has 0 bridgehead atoms. The van der Waals surface area contributed by atoms with E-state index in [1.54, 1.807) is 73.1 Å². The van der Waals surface area contributed by atoms with Crippen LogP contribution in [0.15, 0.2) is 115 Å². The van der Waals surface area contributed by atoms with Gasteiger partial charge in [0, 0.05) is 65.9 Å². The number of halogens is 10.